The molecule has 2 aromatic rings. The smallest absolute Gasteiger partial charge is 0.235 e. The third-order valence-electron chi connectivity index (χ3n) is 10.6. The zero-order chi connectivity index (χ0) is 33.3. The van der Waals surface area contributed by atoms with Gasteiger partial charge >= 0.3 is 0 Å². The lowest BCUT2D eigenvalue weighted by molar-refractivity contribution is -0.166. The number of nitrogens with zero attached hydrogens (tertiary/aromatic N) is 2. The van der Waals surface area contributed by atoms with Crippen molar-refractivity contribution in [3.05, 3.63) is 41.2 Å². The monoisotopic (exact) mass is 630 g/mol. The van der Waals surface area contributed by atoms with Crippen molar-refractivity contribution in [2.75, 3.05) is 14.1 Å². The number of hydrogen-bond acceptors (Lipinski definition) is 12. The van der Waals surface area contributed by atoms with Crippen LogP contribution in [0, 0.1) is 28.6 Å². The highest BCUT2D eigenvalue weighted by molar-refractivity contribution is 6.33. The lowest BCUT2D eigenvalue weighted by Crippen LogP contribution is -2.85. The Labute approximate surface area is 265 Å². The minimum atomic E-state index is -2.79. The minimum Gasteiger partial charge on any atom is -0.507 e. The van der Waals surface area contributed by atoms with Gasteiger partial charge in [-0.2, -0.15) is 5.26 Å². The molecule has 1 heterocycles. The number of carbonyl (C=O) groups is 5. The normalized spacial score (nSPS) is 32.9. The Morgan fingerprint density at radius 2 is 1.78 bits per heavy atom. The number of nitriles is 1. The summed E-state index contributed by atoms with van der Waals surface area (Å²) >= 11 is 0. The van der Waals surface area contributed by atoms with Crippen molar-refractivity contribution < 1.29 is 33.5 Å². The lowest BCUT2D eigenvalue weighted by atomic mass is 9.42. The van der Waals surface area contributed by atoms with Crippen molar-refractivity contribution in [3.63, 3.8) is 0 Å². The summed E-state index contributed by atoms with van der Waals surface area (Å²) in [5, 5.41) is 25.0. The highest BCUT2D eigenvalue weighted by Crippen LogP contribution is 2.57. The van der Waals surface area contributed by atoms with Gasteiger partial charge in [0.2, 0.25) is 5.91 Å². The summed E-state index contributed by atoms with van der Waals surface area (Å²) in [7, 11) is 2.92. The Balaban J connectivity index is 1.44. The molecule has 8 N–H and O–H groups in total. The summed E-state index contributed by atoms with van der Waals surface area (Å²) in [5.41, 5.74) is 13.1. The summed E-state index contributed by atoms with van der Waals surface area (Å²) in [5.74, 6) is -8.96. The second-order valence-electron chi connectivity index (χ2n) is 13.6. The van der Waals surface area contributed by atoms with Crippen LogP contribution in [0.3, 0.4) is 0 Å². The van der Waals surface area contributed by atoms with Crippen LogP contribution in [0.1, 0.15) is 60.2 Å². The molecule has 0 bridgehead atoms. The molecule has 46 heavy (non-hydrogen) atoms. The Morgan fingerprint density at radius 1 is 1.09 bits per heavy atom. The number of phenols is 1. The average molecular weight is 631 g/mol. The minimum absolute atomic E-state index is 0.174. The molecule has 1 aromatic heterocycles. The molecule has 242 valence electrons. The summed E-state index contributed by atoms with van der Waals surface area (Å²) in [6.45, 7) is 0.507. The zero-order valence-corrected chi connectivity index (χ0v) is 25.8. The van der Waals surface area contributed by atoms with Gasteiger partial charge in [-0.05, 0) is 69.6 Å². The first-order valence-corrected chi connectivity index (χ1v) is 15.5. The van der Waals surface area contributed by atoms with Gasteiger partial charge in [-0.1, -0.05) is 19.3 Å². The van der Waals surface area contributed by atoms with Gasteiger partial charge in [0, 0.05) is 17.1 Å². The van der Waals surface area contributed by atoms with Gasteiger partial charge in [0.05, 0.1) is 29.8 Å². The molecule has 0 saturated heterocycles. The third kappa shape index (κ3) is 4.31. The Morgan fingerprint density at radius 3 is 2.41 bits per heavy atom. The summed E-state index contributed by atoms with van der Waals surface area (Å²) in [6, 6.07) is 7.14. The Kier molecular flexibility index (Phi) is 7.56. The Bertz CT molecular complexity index is 1720. The molecule has 6 rings (SSSR count). The van der Waals surface area contributed by atoms with Crippen LogP contribution in [0.4, 0.5) is 0 Å². The SMILES string of the molecule is CN(C)[C@@H]1C(=O)C(C(N)=O)C(=O)[C@@]2(C#N)C(=O)C3C(=O)c4c(O)ccc(-c5ccc(CNC6CCCCC6)o5)c4C[C@@]3(N)C[C@@]12N. The molecule has 1 aromatic carbocycles. The fraction of sp³-hybridized carbons (Fsp3) is 0.515. The third-order valence-corrected chi connectivity index (χ3v) is 10.6. The maximum Gasteiger partial charge on any atom is 0.235 e. The number of furan rings is 1. The number of primary amides is 1. The molecule has 6 atom stereocenters. The first-order valence-electron chi connectivity index (χ1n) is 15.5. The van der Waals surface area contributed by atoms with Gasteiger partial charge < -0.3 is 32.0 Å². The van der Waals surface area contributed by atoms with Crippen LogP contribution in [-0.2, 0) is 32.1 Å². The summed E-state index contributed by atoms with van der Waals surface area (Å²) < 4.78 is 6.17. The number of ketones is 4. The summed E-state index contributed by atoms with van der Waals surface area (Å²) in [4.78, 5) is 69.9. The van der Waals surface area contributed by atoms with E-state index in [2.05, 4.69) is 5.32 Å². The van der Waals surface area contributed by atoms with Crippen molar-refractivity contribution in [2.45, 2.75) is 74.7 Å². The maximum atomic E-state index is 14.5. The van der Waals surface area contributed by atoms with Crippen molar-refractivity contribution in [1.29, 1.82) is 5.26 Å². The van der Waals surface area contributed by atoms with Gasteiger partial charge in [-0.3, -0.25) is 28.9 Å². The first-order chi connectivity index (χ1) is 21.7. The first kappa shape index (κ1) is 31.7. The van der Waals surface area contributed by atoms with E-state index in [0.717, 1.165) is 12.8 Å². The number of nitrogens with one attached hydrogen (secondary N) is 1. The molecule has 13 nitrogen and oxygen atoms in total. The largest absolute Gasteiger partial charge is 0.507 e. The van der Waals surface area contributed by atoms with E-state index in [1.807, 2.05) is 6.07 Å². The Hall–Kier alpha value is -4.22. The van der Waals surface area contributed by atoms with Crippen LogP contribution in [0.2, 0.25) is 0 Å². The number of Topliss-reactive ketones (excluding diaryl/α,β-unsaturated/α-hetero) is 4. The number of rotatable bonds is 6. The van der Waals surface area contributed by atoms with Crippen molar-refractivity contribution in [2.24, 2.45) is 34.5 Å². The second kappa shape index (κ2) is 10.9. The van der Waals surface area contributed by atoms with Crippen LogP contribution >= 0.6 is 0 Å². The highest BCUT2D eigenvalue weighted by atomic mass is 16.3. The topological polar surface area (TPSA) is 236 Å². The van der Waals surface area contributed by atoms with Gasteiger partial charge in [0.15, 0.2) is 34.5 Å². The molecule has 0 radical (unpaired) electrons. The van der Waals surface area contributed by atoms with Gasteiger partial charge in [0.25, 0.3) is 0 Å². The standard InChI is InChI=1S/C33H38N6O7/c1-39(2)27-26(42)23(30(35)45)28(43)32(15-34)29(44)24-25(41)22-19(12-31(24,36)14-33(27,32)37)18(9-10-20(22)40)21-11-8-17(46-21)13-38-16-6-4-3-5-7-16/h8-11,16,23-24,27,38,40H,3-7,12-14,36-37H2,1-2H3,(H2,35,45)/t23?,24?,27-,31-,32+,33-/m1/s1. The number of benzene rings is 1. The predicted molar refractivity (Wildman–Crippen MR) is 163 cm³/mol. The molecule has 0 spiro atoms. The number of hydrogen-bond donors (Lipinski definition) is 5. The van der Waals surface area contributed by atoms with E-state index in [0.29, 0.717) is 35.2 Å². The molecule has 1 amide bonds. The number of amides is 1. The molecule has 3 saturated carbocycles. The number of nitrogens with two attached hydrogens (primary N) is 3. The fourth-order valence-corrected chi connectivity index (χ4v) is 8.61. The van der Waals surface area contributed by atoms with Crippen molar-refractivity contribution in [3.8, 4) is 23.1 Å². The van der Waals surface area contributed by atoms with Crippen LogP contribution in [0.25, 0.3) is 11.3 Å². The number of carbonyl (C=O) groups excluding carboxylic acids is 5. The zero-order valence-electron chi connectivity index (χ0n) is 25.8. The van der Waals surface area contributed by atoms with E-state index >= 15 is 0 Å². The van der Waals surface area contributed by atoms with E-state index in [9.17, 15) is 34.3 Å². The van der Waals surface area contributed by atoms with Crippen LogP contribution in [0.15, 0.2) is 28.7 Å². The van der Waals surface area contributed by atoms with Crippen molar-refractivity contribution >= 4 is 29.0 Å². The number of fused-ring (bicyclic) bond motifs is 3. The van der Waals surface area contributed by atoms with Gasteiger partial charge in [-0.15, -0.1) is 0 Å². The van der Waals surface area contributed by atoms with Gasteiger partial charge in [0.1, 0.15) is 23.2 Å². The second-order valence-corrected chi connectivity index (χ2v) is 13.6. The molecule has 3 fully saturated rings. The van der Waals surface area contributed by atoms with Crippen molar-refractivity contribution in [1.82, 2.24) is 10.2 Å². The molecule has 4 aliphatic rings. The molecular formula is C33H38N6O7. The fourth-order valence-electron chi connectivity index (χ4n) is 8.61. The van der Waals surface area contributed by atoms with Crippen LogP contribution in [-0.4, -0.2) is 76.3 Å². The van der Waals surface area contributed by atoms with Crippen LogP contribution < -0.4 is 22.5 Å². The number of likely N-dealkylation sites (N-methyl/N-ethyl adjacent to an activating group) is 1. The quantitative estimate of drug-likeness (QED) is 0.274. The predicted octanol–water partition coefficient (Wildman–Crippen LogP) is 0.491. The molecule has 13 heteroatoms. The van der Waals surface area contributed by atoms with Crippen LogP contribution in [0.5, 0.6) is 5.75 Å². The van der Waals surface area contributed by atoms with E-state index in [4.69, 9.17) is 21.6 Å². The van der Waals surface area contributed by atoms with E-state index in [1.165, 1.54) is 44.3 Å². The van der Waals surface area contributed by atoms with Gasteiger partial charge in [-0.25, -0.2) is 0 Å². The number of aromatic hydroxyl groups is 1. The average Bonchev–Trinajstić information content (AvgIpc) is 3.44. The maximum absolute atomic E-state index is 14.5. The molecule has 0 aliphatic heterocycles. The highest BCUT2D eigenvalue weighted by Gasteiger charge is 2.78. The molecule has 2 unspecified atom stereocenters. The summed E-state index contributed by atoms with van der Waals surface area (Å²) in [6.07, 6.45) is 5.15. The lowest BCUT2D eigenvalue weighted by Gasteiger charge is -2.60. The van der Waals surface area contributed by atoms with E-state index in [1.54, 1.807) is 18.2 Å². The van der Waals surface area contributed by atoms with E-state index < -0.39 is 75.6 Å². The molecular weight excluding hydrogens is 592 g/mol. The molecule has 4 aliphatic carbocycles. The van der Waals surface area contributed by atoms with E-state index in [-0.39, 0.29) is 12.0 Å². The number of phenolic OH excluding ortho intramolecular Hbond substituents is 1.